The topological polar surface area (TPSA) is 38.8 Å². The number of carbonyl (C=O) groups excluding carboxylic acids is 1. The lowest BCUT2D eigenvalue weighted by molar-refractivity contribution is -0.167. The van der Waals surface area contributed by atoms with Gasteiger partial charge in [-0.15, -0.1) is 0 Å². The van der Waals surface area contributed by atoms with E-state index in [2.05, 4.69) is 0 Å². The first-order chi connectivity index (χ1) is 8.96. The lowest BCUT2D eigenvalue weighted by Crippen LogP contribution is -2.60. The van der Waals surface area contributed by atoms with Gasteiger partial charge in [-0.25, -0.2) is 4.39 Å². The fourth-order valence-corrected chi connectivity index (χ4v) is 2.80. The van der Waals surface area contributed by atoms with Crippen LogP contribution >= 0.6 is 0 Å². The molecule has 0 aromatic carbocycles. The first-order valence-corrected chi connectivity index (χ1v) is 6.90. The Labute approximate surface area is 112 Å². The summed E-state index contributed by atoms with van der Waals surface area (Å²) < 4.78 is 25.2. The number of hydrogen-bond acceptors (Lipinski definition) is 3. The number of rotatable bonds is 2. The van der Waals surface area contributed by atoms with Gasteiger partial charge in [-0.2, -0.15) is 0 Å². The molecule has 106 valence electrons. The molecule has 4 nitrogen and oxygen atoms in total. The van der Waals surface area contributed by atoms with Crippen LogP contribution in [0.2, 0.25) is 0 Å². The summed E-state index contributed by atoms with van der Waals surface area (Å²) >= 11 is 0. The summed E-state index contributed by atoms with van der Waals surface area (Å²) in [6, 6.07) is -0.154. The van der Waals surface area contributed by atoms with Crippen LogP contribution in [0.3, 0.4) is 0 Å². The van der Waals surface area contributed by atoms with E-state index in [4.69, 9.17) is 9.47 Å². The molecule has 3 rings (SSSR count). The van der Waals surface area contributed by atoms with Crippen molar-refractivity contribution < 1.29 is 18.7 Å². The van der Waals surface area contributed by atoms with E-state index in [0.717, 1.165) is 12.8 Å². The van der Waals surface area contributed by atoms with Crippen molar-refractivity contribution in [1.29, 1.82) is 0 Å². The predicted octanol–water partition coefficient (Wildman–Crippen LogP) is 1.65. The van der Waals surface area contributed by atoms with E-state index in [9.17, 15) is 9.18 Å². The third-order valence-corrected chi connectivity index (χ3v) is 3.89. The average Bonchev–Trinajstić information content (AvgIpc) is 3.02. The molecule has 0 spiro atoms. The molecule has 2 saturated heterocycles. The maximum absolute atomic E-state index is 14.0. The number of hydrogen-bond donors (Lipinski definition) is 0. The molecule has 1 saturated carbocycles. The lowest BCUT2D eigenvalue weighted by Gasteiger charge is -2.44. The molecule has 0 unspecified atom stereocenters. The molecule has 0 aromatic rings. The van der Waals surface area contributed by atoms with Crippen molar-refractivity contribution in [3.63, 3.8) is 0 Å². The molecule has 1 aliphatic carbocycles. The summed E-state index contributed by atoms with van der Waals surface area (Å²) in [5.41, 5.74) is -0.454. The van der Waals surface area contributed by atoms with E-state index in [1.54, 1.807) is 4.90 Å². The van der Waals surface area contributed by atoms with Crippen LogP contribution in [0.4, 0.5) is 4.39 Å². The highest BCUT2D eigenvalue weighted by Crippen LogP contribution is 2.34. The van der Waals surface area contributed by atoms with Gasteiger partial charge in [0.15, 0.2) is 5.83 Å². The smallest absolute Gasteiger partial charge is 0.282 e. The van der Waals surface area contributed by atoms with Crippen molar-refractivity contribution >= 4 is 5.91 Å². The third-order valence-electron chi connectivity index (χ3n) is 3.89. The van der Waals surface area contributed by atoms with Gasteiger partial charge in [0.05, 0.1) is 31.4 Å². The quantitative estimate of drug-likeness (QED) is 0.716. The van der Waals surface area contributed by atoms with E-state index >= 15 is 0 Å². The Morgan fingerprint density at radius 3 is 2.79 bits per heavy atom. The predicted molar refractivity (Wildman–Crippen MR) is 67.2 cm³/mol. The van der Waals surface area contributed by atoms with Gasteiger partial charge < -0.3 is 14.4 Å². The Morgan fingerprint density at radius 2 is 2.11 bits per heavy atom. The minimum atomic E-state index is -0.620. The second kappa shape index (κ2) is 4.56. The number of nitrogens with zero attached hydrogens (tertiary/aromatic N) is 1. The van der Waals surface area contributed by atoms with Crippen LogP contribution in [-0.4, -0.2) is 48.3 Å². The molecule has 0 aromatic heterocycles. The largest absolute Gasteiger partial charge is 0.376 e. The van der Waals surface area contributed by atoms with E-state index in [-0.39, 0.29) is 18.1 Å². The number of fused-ring (bicyclic) bond motifs is 1. The number of amides is 1. The molecule has 0 bridgehead atoms. The van der Waals surface area contributed by atoms with E-state index in [1.165, 1.54) is 6.08 Å². The molecule has 2 heterocycles. The number of allylic oxidation sites excluding steroid dienone is 1. The van der Waals surface area contributed by atoms with E-state index < -0.39 is 17.3 Å². The Bertz CT molecular complexity index is 417. The number of ether oxygens (including phenoxy) is 2. The molecule has 2 aliphatic heterocycles. The fourth-order valence-electron chi connectivity index (χ4n) is 2.80. The van der Waals surface area contributed by atoms with Crippen LogP contribution < -0.4 is 0 Å². The first kappa shape index (κ1) is 13.1. The number of morpholine rings is 1. The molecule has 2 atom stereocenters. The molecule has 0 radical (unpaired) electrons. The molecular weight excluding hydrogens is 249 g/mol. The van der Waals surface area contributed by atoms with Gasteiger partial charge in [0.1, 0.15) is 6.10 Å². The van der Waals surface area contributed by atoms with E-state index in [0.29, 0.717) is 19.8 Å². The normalized spacial score (nSPS) is 34.3. The summed E-state index contributed by atoms with van der Waals surface area (Å²) in [4.78, 5) is 13.9. The minimum absolute atomic E-state index is 0.138. The SMILES string of the molecule is CC1(C)CN(C(=O)/C(F)=C/C2CC2)[C@@H]2COC[C@H]2O1. The Hall–Kier alpha value is -0.940. The Kier molecular flexibility index (Phi) is 3.14. The lowest BCUT2D eigenvalue weighted by atomic mass is 10.0. The summed E-state index contributed by atoms with van der Waals surface area (Å²) in [7, 11) is 0. The van der Waals surface area contributed by atoms with Crippen LogP contribution in [-0.2, 0) is 14.3 Å². The third kappa shape index (κ3) is 2.67. The standard InChI is InChI=1S/C14H20FNO3/c1-14(2)8-16(11-6-18-7-12(11)19-14)13(17)10(15)5-9-3-4-9/h5,9,11-12H,3-4,6-8H2,1-2H3/b10-5-/t11-,12-/m1/s1. The highest BCUT2D eigenvalue weighted by Gasteiger charge is 2.46. The van der Waals surface area contributed by atoms with Gasteiger partial charge in [-0.05, 0) is 38.7 Å². The monoisotopic (exact) mass is 269 g/mol. The summed E-state index contributed by atoms with van der Waals surface area (Å²) in [5, 5.41) is 0. The molecule has 3 aliphatic rings. The van der Waals surface area contributed by atoms with Gasteiger partial charge in [-0.3, -0.25) is 4.79 Å². The average molecular weight is 269 g/mol. The fraction of sp³-hybridized carbons (Fsp3) is 0.786. The van der Waals surface area contributed by atoms with E-state index in [1.807, 2.05) is 13.8 Å². The zero-order valence-electron chi connectivity index (χ0n) is 11.4. The van der Waals surface area contributed by atoms with Crippen molar-refractivity contribution in [2.45, 2.75) is 44.4 Å². The zero-order valence-corrected chi connectivity index (χ0v) is 11.4. The van der Waals surface area contributed by atoms with Crippen LogP contribution in [0.25, 0.3) is 0 Å². The molecular formula is C14H20FNO3. The molecule has 0 N–H and O–H groups in total. The van der Waals surface area contributed by atoms with Crippen molar-refractivity contribution in [2.75, 3.05) is 19.8 Å². The first-order valence-electron chi connectivity index (χ1n) is 6.90. The minimum Gasteiger partial charge on any atom is -0.376 e. The van der Waals surface area contributed by atoms with Gasteiger partial charge >= 0.3 is 0 Å². The van der Waals surface area contributed by atoms with Crippen LogP contribution in [0.15, 0.2) is 11.9 Å². The molecule has 3 fully saturated rings. The molecule has 1 amide bonds. The highest BCUT2D eigenvalue weighted by molar-refractivity contribution is 5.91. The number of halogens is 1. The highest BCUT2D eigenvalue weighted by atomic mass is 19.1. The maximum atomic E-state index is 14.0. The van der Waals surface area contributed by atoms with Crippen molar-refractivity contribution in [3.05, 3.63) is 11.9 Å². The van der Waals surface area contributed by atoms with Gasteiger partial charge in [0.2, 0.25) is 0 Å². The molecule has 19 heavy (non-hydrogen) atoms. The Balaban J connectivity index is 1.78. The van der Waals surface area contributed by atoms with Crippen molar-refractivity contribution in [2.24, 2.45) is 5.92 Å². The number of carbonyl (C=O) groups is 1. The van der Waals surface area contributed by atoms with Crippen LogP contribution in [0.1, 0.15) is 26.7 Å². The second-order valence-corrected chi connectivity index (χ2v) is 6.31. The van der Waals surface area contributed by atoms with Crippen molar-refractivity contribution in [3.8, 4) is 0 Å². The van der Waals surface area contributed by atoms with Crippen LogP contribution in [0, 0.1) is 5.92 Å². The summed E-state index contributed by atoms with van der Waals surface area (Å²) in [6.07, 6.45) is 3.31. The summed E-state index contributed by atoms with van der Waals surface area (Å²) in [6.45, 7) is 5.16. The second-order valence-electron chi connectivity index (χ2n) is 6.31. The van der Waals surface area contributed by atoms with Crippen molar-refractivity contribution in [1.82, 2.24) is 4.90 Å². The maximum Gasteiger partial charge on any atom is 0.282 e. The summed E-state index contributed by atoms with van der Waals surface area (Å²) in [5.74, 6) is -0.872. The Morgan fingerprint density at radius 1 is 1.37 bits per heavy atom. The van der Waals surface area contributed by atoms with Crippen LogP contribution in [0.5, 0.6) is 0 Å². The van der Waals surface area contributed by atoms with Gasteiger partial charge in [-0.1, -0.05) is 0 Å². The van der Waals surface area contributed by atoms with Gasteiger partial charge in [0.25, 0.3) is 5.91 Å². The molecule has 5 heteroatoms. The van der Waals surface area contributed by atoms with Gasteiger partial charge in [0, 0.05) is 0 Å². The zero-order chi connectivity index (χ0) is 13.6.